The Hall–Kier alpha value is -1.81. The van der Waals surface area contributed by atoms with E-state index < -0.39 is 0 Å². The molecule has 3 rings (SSSR count). The minimum absolute atomic E-state index is 0.0827. The van der Waals surface area contributed by atoms with E-state index in [1.165, 1.54) is 10.9 Å². The Morgan fingerprint density at radius 2 is 2.16 bits per heavy atom. The van der Waals surface area contributed by atoms with Crippen molar-refractivity contribution in [3.8, 4) is 0 Å². The molecule has 1 aliphatic rings. The van der Waals surface area contributed by atoms with Gasteiger partial charge in [0.05, 0.1) is 12.1 Å². The van der Waals surface area contributed by atoms with Crippen molar-refractivity contribution in [2.75, 3.05) is 13.2 Å². The molecule has 2 heterocycles. The molecule has 0 aliphatic carbocycles. The number of amides is 1. The van der Waals surface area contributed by atoms with Crippen LogP contribution in [-0.4, -0.2) is 39.6 Å². The lowest BCUT2D eigenvalue weighted by atomic mass is 9.87. The fourth-order valence-electron chi connectivity index (χ4n) is 4.43. The first kappa shape index (κ1) is 18.0. The lowest BCUT2D eigenvalue weighted by molar-refractivity contribution is -0.137. The number of benzene rings is 1. The molecule has 1 saturated heterocycles. The monoisotopic (exact) mass is 342 g/mol. The fourth-order valence-corrected chi connectivity index (χ4v) is 4.43. The summed E-state index contributed by atoms with van der Waals surface area (Å²) in [5.41, 5.74) is 2.10. The molecule has 25 heavy (non-hydrogen) atoms. The number of aliphatic hydroxyl groups is 1. The van der Waals surface area contributed by atoms with Crippen LogP contribution in [-0.2, 0) is 11.2 Å². The van der Waals surface area contributed by atoms with Crippen molar-refractivity contribution in [1.29, 1.82) is 0 Å². The van der Waals surface area contributed by atoms with Gasteiger partial charge in [0.2, 0.25) is 5.91 Å². The lowest BCUT2D eigenvalue weighted by Gasteiger charge is -2.38. The van der Waals surface area contributed by atoms with Crippen molar-refractivity contribution in [2.24, 2.45) is 5.92 Å². The van der Waals surface area contributed by atoms with Crippen molar-refractivity contribution in [3.05, 3.63) is 36.0 Å². The van der Waals surface area contributed by atoms with Gasteiger partial charge in [0.25, 0.3) is 0 Å². The van der Waals surface area contributed by atoms with Crippen LogP contribution >= 0.6 is 0 Å². The Kier molecular flexibility index (Phi) is 5.48. The van der Waals surface area contributed by atoms with Crippen LogP contribution in [0.2, 0.25) is 0 Å². The number of hydrogen-bond donors (Lipinski definition) is 2. The molecular formula is C21H30N2O2. The molecule has 1 fully saturated rings. The highest BCUT2D eigenvalue weighted by Crippen LogP contribution is 2.35. The molecule has 0 spiro atoms. The fraction of sp³-hybridized carbons (Fsp3) is 0.571. The second kappa shape index (κ2) is 7.61. The third kappa shape index (κ3) is 3.74. The third-order valence-corrected chi connectivity index (χ3v) is 5.49. The van der Waals surface area contributed by atoms with Crippen LogP contribution in [0, 0.1) is 5.92 Å². The normalized spacial score (nSPS) is 20.7. The first-order chi connectivity index (χ1) is 12.1. The molecule has 1 aliphatic heterocycles. The summed E-state index contributed by atoms with van der Waals surface area (Å²) in [5.74, 6) is 0.679. The molecule has 0 unspecified atom stereocenters. The zero-order valence-corrected chi connectivity index (χ0v) is 15.4. The number of para-hydroxylation sites is 1. The summed E-state index contributed by atoms with van der Waals surface area (Å²) in [6.07, 6.45) is 7.18. The maximum absolute atomic E-state index is 12.8. The molecule has 0 radical (unpaired) electrons. The quantitative estimate of drug-likeness (QED) is 0.802. The Morgan fingerprint density at radius 1 is 1.36 bits per heavy atom. The summed E-state index contributed by atoms with van der Waals surface area (Å²) in [6.45, 7) is 5.20. The van der Waals surface area contributed by atoms with E-state index in [-0.39, 0.29) is 18.1 Å². The van der Waals surface area contributed by atoms with E-state index in [2.05, 4.69) is 43.2 Å². The zero-order valence-electron chi connectivity index (χ0n) is 15.4. The van der Waals surface area contributed by atoms with E-state index in [0.717, 1.165) is 44.2 Å². The number of likely N-dealkylation sites (tertiary alicyclic amines) is 1. The van der Waals surface area contributed by atoms with E-state index in [9.17, 15) is 9.90 Å². The molecule has 1 aromatic heterocycles. The number of aliphatic hydroxyl groups excluding tert-OH is 1. The minimum Gasteiger partial charge on any atom is -0.394 e. The van der Waals surface area contributed by atoms with Crippen LogP contribution in [0.5, 0.6) is 0 Å². The minimum atomic E-state index is -0.327. The molecule has 2 N–H and O–H groups in total. The Balaban J connectivity index is 1.60. The number of nitrogens with one attached hydrogen (secondary N) is 1. The molecular weight excluding hydrogens is 312 g/mol. The van der Waals surface area contributed by atoms with Crippen molar-refractivity contribution in [3.63, 3.8) is 0 Å². The summed E-state index contributed by atoms with van der Waals surface area (Å²) >= 11 is 0. The van der Waals surface area contributed by atoms with E-state index in [0.29, 0.717) is 12.3 Å². The number of fused-ring (bicyclic) bond motifs is 1. The summed E-state index contributed by atoms with van der Waals surface area (Å²) in [5, 5.41) is 11.2. The number of aromatic nitrogens is 1. The van der Waals surface area contributed by atoms with Crippen LogP contribution in [0.4, 0.5) is 0 Å². The molecule has 4 heteroatoms. The van der Waals surface area contributed by atoms with Gasteiger partial charge in [0.1, 0.15) is 0 Å². The number of aromatic amines is 1. The summed E-state index contributed by atoms with van der Waals surface area (Å²) in [7, 11) is 0. The summed E-state index contributed by atoms with van der Waals surface area (Å²) in [6, 6.07) is 8.29. The highest BCUT2D eigenvalue weighted by molar-refractivity contribution is 5.83. The molecule has 1 aromatic carbocycles. The van der Waals surface area contributed by atoms with Gasteiger partial charge in [-0.05, 0) is 49.7 Å². The highest BCUT2D eigenvalue weighted by Gasteiger charge is 2.42. The van der Waals surface area contributed by atoms with Crippen molar-refractivity contribution < 1.29 is 9.90 Å². The SMILES string of the molecule is CC(C)C[C@]1(CO)CCCN1C(=O)CCCc1c[nH]c2ccccc12. The van der Waals surface area contributed by atoms with Gasteiger partial charge in [-0.1, -0.05) is 32.0 Å². The average molecular weight is 342 g/mol. The van der Waals surface area contributed by atoms with E-state index >= 15 is 0 Å². The van der Waals surface area contributed by atoms with Crippen molar-refractivity contribution in [1.82, 2.24) is 9.88 Å². The molecule has 2 aromatic rings. The van der Waals surface area contributed by atoms with Gasteiger partial charge in [-0.25, -0.2) is 0 Å². The Bertz CT molecular complexity index is 722. The molecule has 0 saturated carbocycles. The maximum Gasteiger partial charge on any atom is 0.223 e. The van der Waals surface area contributed by atoms with E-state index in [4.69, 9.17) is 0 Å². The van der Waals surface area contributed by atoms with Crippen LogP contribution in [0.1, 0.15) is 51.5 Å². The summed E-state index contributed by atoms with van der Waals surface area (Å²) < 4.78 is 0. The molecule has 1 atom stereocenters. The average Bonchev–Trinajstić information content (AvgIpc) is 3.19. The second-order valence-corrected chi connectivity index (χ2v) is 7.84. The van der Waals surface area contributed by atoms with Gasteiger partial charge in [0.15, 0.2) is 0 Å². The second-order valence-electron chi connectivity index (χ2n) is 7.84. The third-order valence-electron chi connectivity index (χ3n) is 5.49. The number of nitrogens with zero attached hydrogens (tertiary/aromatic N) is 1. The maximum atomic E-state index is 12.8. The first-order valence-corrected chi connectivity index (χ1v) is 9.52. The standard InChI is InChI=1S/C21H30N2O2/c1-16(2)13-21(15-24)11-6-12-23(21)20(25)10-5-7-17-14-22-19-9-4-3-8-18(17)19/h3-4,8-9,14,16,22,24H,5-7,10-13,15H2,1-2H3/t21-/m0/s1. The Labute approximate surface area is 150 Å². The lowest BCUT2D eigenvalue weighted by Crippen LogP contribution is -2.50. The van der Waals surface area contributed by atoms with Crippen LogP contribution in [0.3, 0.4) is 0 Å². The van der Waals surface area contributed by atoms with Gasteiger partial charge in [-0.15, -0.1) is 0 Å². The van der Waals surface area contributed by atoms with Gasteiger partial charge in [-0.3, -0.25) is 4.79 Å². The number of aryl methyl sites for hydroxylation is 1. The topological polar surface area (TPSA) is 56.3 Å². The van der Waals surface area contributed by atoms with Crippen molar-refractivity contribution >= 4 is 16.8 Å². The van der Waals surface area contributed by atoms with E-state index in [1.807, 2.05) is 11.0 Å². The van der Waals surface area contributed by atoms with Crippen LogP contribution in [0.15, 0.2) is 30.5 Å². The van der Waals surface area contributed by atoms with Crippen LogP contribution in [0.25, 0.3) is 10.9 Å². The number of H-pyrrole nitrogens is 1. The van der Waals surface area contributed by atoms with Crippen molar-refractivity contribution in [2.45, 2.75) is 57.9 Å². The Morgan fingerprint density at radius 3 is 2.92 bits per heavy atom. The van der Waals surface area contributed by atoms with Crippen LogP contribution < -0.4 is 0 Å². The number of rotatable bonds is 7. The largest absolute Gasteiger partial charge is 0.394 e. The molecule has 1 amide bonds. The molecule has 136 valence electrons. The van der Waals surface area contributed by atoms with E-state index in [1.54, 1.807) is 0 Å². The molecule has 0 bridgehead atoms. The smallest absolute Gasteiger partial charge is 0.223 e. The number of carbonyl (C=O) groups is 1. The highest BCUT2D eigenvalue weighted by atomic mass is 16.3. The first-order valence-electron chi connectivity index (χ1n) is 9.52. The number of carbonyl (C=O) groups excluding carboxylic acids is 1. The predicted molar refractivity (Wildman–Crippen MR) is 101 cm³/mol. The predicted octanol–water partition coefficient (Wildman–Crippen LogP) is 3.89. The summed E-state index contributed by atoms with van der Waals surface area (Å²) in [4.78, 5) is 18.1. The van der Waals surface area contributed by atoms with Gasteiger partial charge in [0, 0.05) is 30.1 Å². The number of hydrogen-bond acceptors (Lipinski definition) is 2. The van der Waals surface area contributed by atoms with Gasteiger partial charge in [-0.2, -0.15) is 0 Å². The zero-order chi connectivity index (χ0) is 17.9. The van der Waals surface area contributed by atoms with Gasteiger partial charge < -0.3 is 15.0 Å². The molecule has 4 nitrogen and oxygen atoms in total. The van der Waals surface area contributed by atoms with Gasteiger partial charge >= 0.3 is 0 Å².